The molecular weight excluding hydrogens is 402 g/mol. The second-order valence-corrected chi connectivity index (χ2v) is 6.96. The van der Waals surface area contributed by atoms with Crippen LogP contribution in [0.15, 0.2) is 59.5 Å². The predicted molar refractivity (Wildman–Crippen MR) is 112 cm³/mol. The Morgan fingerprint density at radius 3 is 2.55 bits per heavy atom. The molecule has 3 aromatic rings. The van der Waals surface area contributed by atoms with Gasteiger partial charge in [0, 0.05) is 32.7 Å². The van der Waals surface area contributed by atoms with E-state index in [1.807, 2.05) is 23.1 Å². The molecule has 1 amide bonds. The third kappa shape index (κ3) is 4.78. The molecule has 11 heteroatoms. The van der Waals surface area contributed by atoms with Gasteiger partial charge in [-0.15, -0.1) is 0 Å². The van der Waals surface area contributed by atoms with Crippen LogP contribution in [0.1, 0.15) is 16.1 Å². The van der Waals surface area contributed by atoms with Crippen molar-refractivity contribution in [2.45, 2.75) is 6.54 Å². The van der Waals surface area contributed by atoms with Crippen molar-refractivity contribution in [2.75, 3.05) is 36.5 Å². The van der Waals surface area contributed by atoms with Crippen molar-refractivity contribution in [3.8, 4) is 0 Å². The van der Waals surface area contributed by atoms with Gasteiger partial charge in [-0.3, -0.25) is 30.7 Å². The summed E-state index contributed by atoms with van der Waals surface area (Å²) >= 11 is 0. The maximum absolute atomic E-state index is 12.0. The molecule has 0 unspecified atom stereocenters. The van der Waals surface area contributed by atoms with Crippen LogP contribution in [-0.4, -0.2) is 51.9 Å². The lowest BCUT2D eigenvalue weighted by Crippen LogP contribution is -2.46. The Balaban J connectivity index is 1.44. The molecule has 1 aromatic carbocycles. The van der Waals surface area contributed by atoms with Crippen molar-refractivity contribution in [1.82, 2.24) is 20.3 Å². The van der Waals surface area contributed by atoms with Gasteiger partial charge in [0.15, 0.2) is 5.76 Å². The van der Waals surface area contributed by atoms with E-state index in [0.29, 0.717) is 13.1 Å². The lowest BCUT2D eigenvalue weighted by atomic mass is 10.2. The van der Waals surface area contributed by atoms with E-state index in [0.717, 1.165) is 19.6 Å². The number of anilines is 2. The maximum Gasteiger partial charge on any atom is 0.355 e. The van der Waals surface area contributed by atoms with Gasteiger partial charge in [-0.05, 0) is 17.7 Å². The number of rotatable bonds is 7. The minimum atomic E-state index is -0.575. The lowest BCUT2D eigenvalue weighted by Gasteiger charge is -2.35. The summed E-state index contributed by atoms with van der Waals surface area (Å²) in [6.07, 6.45) is 2.59. The van der Waals surface area contributed by atoms with E-state index in [1.54, 1.807) is 6.07 Å². The van der Waals surface area contributed by atoms with Gasteiger partial charge in [-0.1, -0.05) is 30.3 Å². The van der Waals surface area contributed by atoms with Gasteiger partial charge in [0.2, 0.25) is 11.6 Å². The summed E-state index contributed by atoms with van der Waals surface area (Å²) in [7, 11) is 0. The van der Waals surface area contributed by atoms with Gasteiger partial charge in [-0.2, -0.15) is 0 Å². The van der Waals surface area contributed by atoms with Crippen LogP contribution >= 0.6 is 0 Å². The fraction of sp³-hybridized carbons (Fsp3) is 0.250. The molecular formula is C20H21N7O4. The molecule has 11 nitrogen and oxygen atoms in total. The van der Waals surface area contributed by atoms with E-state index in [4.69, 9.17) is 4.42 Å². The predicted octanol–water partition coefficient (Wildman–Crippen LogP) is 2.06. The van der Waals surface area contributed by atoms with Crippen LogP contribution < -0.4 is 15.8 Å². The molecule has 160 valence electrons. The Kier molecular flexibility index (Phi) is 6.03. The molecule has 1 fully saturated rings. The zero-order valence-corrected chi connectivity index (χ0v) is 16.6. The van der Waals surface area contributed by atoms with Crippen LogP contribution in [0.4, 0.5) is 17.3 Å². The van der Waals surface area contributed by atoms with Gasteiger partial charge in [0.25, 0.3) is 0 Å². The van der Waals surface area contributed by atoms with Crippen molar-refractivity contribution in [3.05, 3.63) is 76.5 Å². The molecule has 0 aliphatic carbocycles. The Bertz CT molecular complexity index is 1030. The summed E-state index contributed by atoms with van der Waals surface area (Å²) < 4.78 is 5.00. The highest BCUT2D eigenvalue weighted by atomic mass is 16.6. The van der Waals surface area contributed by atoms with E-state index < -0.39 is 10.8 Å². The number of amides is 1. The zero-order chi connectivity index (χ0) is 21.6. The molecule has 1 aliphatic heterocycles. The molecule has 2 N–H and O–H groups in total. The van der Waals surface area contributed by atoms with Gasteiger partial charge in [-0.25, -0.2) is 9.97 Å². The van der Waals surface area contributed by atoms with Gasteiger partial charge < -0.3 is 9.32 Å². The summed E-state index contributed by atoms with van der Waals surface area (Å²) in [4.78, 5) is 35.5. The van der Waals surface area contributed by atoms with Crippen molar-refractivity contribution >= 4 is 23.2 Å². The molecule has 1 saturated heterocycles. The molecule has 0 atom stereocenters. The molecule has 0 spiro atoms. The molecule has 4 rings (SSSR count). The number of hydrogen-bond donors (Lipinski definition) is 2. The van der Waals surface area contributed by atoms with Crippen LogP contribution in [0.2, 0.25) is 0 Å². The summed E-state index contributed by atoms with van der Waals surface area (Å²) in [5.41, 5.74) is 5.80. The normalized spacial score (nSPS) is 14.3. The number of hydrogen-bond acceptors (Lipinski definition) is 9. The number of benzene rings is 1. The van der Waals surface area contributed by atoms with Crippen molar-refractivity contribution < 1.29 is 14.1 Å². The first-order chi connectivity index (χ1) is 15.1. The number of hydrazine groups is 1. The van der Waals surface area contributed by atoms with E-state index in [2.05, 4.69) is 37.9 Å². The number of nitro groups is 1. The first kappa shape index (κ1) is 20.3. The van der Waals surface area contributed by atoms with E-state index in [9.17, 15) is 14.9 Å². The molecule has 31 heavy (non-hydrogen) atoms. The largest absolute Gasteiger partial charge is 0.459 e. The quantitative estimate of drug-likeness (QED) is 0.433. The average Bonchev–Trinajstić information content (AvgIpc) is 3.33. The fourth-order valence-electron chi connectivity index (χ4n) is 3.41. The van der Waals surface area contributed by atoms with E-state index in [-0.39, 0.29) is 23.1 Å². The number of nitrogens with one attached hydrogen (secondary N) is 2. The summed E-state index contributed by atoms with van der Waals surface area (Å²) in [5, 5.41) is 11.8. The third-order valence-corrected chi connectivity index (χ3v) is 4.95. The molecule has 1 aliphatic rings. The van der Waals surface area contributed by atoms with Gasteiger partial charge in [0.1, 0.15) is 6.33 Å². The van der Waals surface area contributed by atoms with Crippen LogP contribution in [-0.2, 0) is 6.54 Å². The standard InChI is InChI=1S/C20H21N7O4/c28-20(16-7-4-12-31-16)24-23-18-17(27(29)30)19(22-14-21-18)26-10-8-25(9-11-26)13-15-5-2-1-3-6-15/h1-7,12,14H,8-11,13H2,(H,24,28)(H,21,22,23). The number of nitrogens with zero attached hydrogens (tertiary/aromatic N) is 5. The zero-order valence-electron chi connectivity index (χ0n) is 16.6. The number of piperazine rings is 1. The number of carbonyl (C=O) groups excluding carboxylic acids is 1. The minimum Gasteiger partial charge on any atom is -0.459 e. The van der Waals surface area contributed by atoms with E-state index in [1.165, 1.54) is 24.2 Å². The first-order valence-corrected chi connectivity index (χ1v) is 9.72. The second kappa shape index (κ2) is 9.22. The van der Waals surface area contributed by atoms with Crippen LogP contribution in [0, 0.1) is 10.1 Å². The molecule has 3 heterocycles. The SMILES string of the molecule is O=C(NNc1ncnc(N2CCN(Cc3ccccc3)CC2)c1[N+](=O)[O-])c1ccco1. The topological polar surface area (TPSA) is 130 Å². The van der Waals surface area contributed by atoms with Crippen LogP contribution in [0.25, 0.3) is 0 Å². The highest BCUT2D eigenvalue weighted by Gasteiger charge is 2.29. The monoisotopic (exact) mass is 423 g/mol. The Labute approximate surface area is 177 Å². The summed E-state index contributed by atoms with van der Waals surface area (Å²) in [6.45, 7) is 3.49. The lowest BCUT2D eigenvalue weighted by molar-refractivity contribution is -0.383. The van der Waals surface area contributed by atoms with Crippen molar-refractivity contribution in [1.29, 1.82) is 0 Å². The van der Waals surface area contributed by atoms with Crippen molar-refractivity contribution in [2.24, 2.45) is 0 Å². The van der Waals surface area contributed by atoms with Gasteiger partial charge in [0.05, 0.1) is 11.2 Å². The molecule has 2 aromatic heterocycles. The van der Waals surface area contributed by atoms with Crippen LogP contribution in [0.5, 0.6) is 0 Å². The molecule has 0 saturated carbocycles. The fourth-order valence-corrected chi connectivity index (χ4v) is 3.41. The Hall–Kier alpha value is -3.99. The minimum absolute atomic E-state index is 0.0685. The second-order valence-electron chi connectivity index (χ2n) is 6.96. The van der Waals surface area contributed by atoms with Crippen molar-refractivity contribution in [3.63, 3.8) is 0 Å². The maximum atomic E-state index is 12.0. The highest BCUT2D eigenvalue weighted by Crippen LogP contribution is 2.32. The molecule has 0 radical (unpaired) electrons. The first-order valence-electron chi connectivity index (χ1n) is 9.72. The average molecular weight is 423 g/mol. The van der Waals surface area contributed by atoms with E-state index >= 15 is 0 Å². The van der Waals surface area contributed by atoms with Crippen LogP contribution in [0.3, 0.4) is 0 Å². The molecule has 0 bridgehead atoms. The smallest absolute Gasteiger partial charge is 0.355 e. The van der Waals surface area contributed by atoms with Gasteiger partial charge >= 0.3 is 11.6 Å². The number of aromatic nitrogens is 2. The Morgan fingerprint density at radius 1 is 1.10 bits per heavy atom. The summed E-state index contributed by atoms with van der Waals surface area (Å²) in [6, 6.07) is 13.2. The Morgan fingerprint density at radius 2 is 1.87 bits per heavy atom. The third-order valence-electron chi connectivity index (χ3n) is 4.95. The summed E-state index contributed by atoms with van der Waals surface area (Å²) in [5.74, 6) is -0.385. The highest BCUT2D eigenvalue weighted by molar-refractivity contribution is 5.92. The number of furan rings is 1. The number of carbonyl (C=O) groups is 1.